The number of hydrogen-bond donors (Lipinski definition) is 1. The summed E-state index contributed by atoms with van der Waals surface area (Å²) in [6.07, 6.45) is 4.59. The quantitative estimate of drug-likeness (QED) is 0.633. The average molecular weight is 443 g/mol. The van der Waals surface area contributed by atoms with Crippen molar-refractivity contribution in [1.29, 1.82) is 0 Å². The summed E-state index contributed by atoms with van der Waals surface area (Å²) in [6, 6.07) is 10.7. The third-order valence-electron chi connectivity index (χ3n) is 5.77. The third-order valence-corrected chi connectivity index (χ3v) is 7.73. The molecule has 0 aliphatic carbocycles. The predicted octanol–water partition coefficient (Wildman–Crippen LogP) is 2.41. The molecule has 0 atom stereocenters. The van der Waals surface area contributed by atoms with Gasteiger partial charge in [-0.25, -0.2) is 8.42 Å². The molecule has 0 radical (unpaired) electrons. The lowest BCUT2D eigenvalue weighted by Crippen LogP contribution is -2.41. The second kappa shape index (κ2) is 8.68. The Balaban J connectivity index is 1.43. The number of nitrogens with one attached hydrogen (secondary N) is 1. The van der Waals surface area contributed by atoms with Gasteiger partial charge in [0.05, 0.1) is 23.8 Å². The van der Waals surface area contributed by atoms with E-state index in [1.807, 2.05) is 24.3 Å². The Morgan fingerprint density at radius 2 is 1.87 bits per heavy atom. The minimum absolute atomic E-state index is 0.159. The van der Waals surface area contributed by atoms with Crippen LogP contribution in [0.5, 0.6) is 5.75 Å². The molecule has 0 saturated carbocycles. The van der Waals surface area contributed by atoms with E-state index in [0.29, 0.717) is 54.1 Å². The highest BCUT2D eigenvalue weighted by Crippen LogP contribution is 2.33. The average Bonchev–Trinajstić information content (AvgIpc) is 3.23. The van der Waals surface area contributed by atoms with Crippen LogP contribution in [0.2, 0.25) is 0 Å². The van der Waals surface area contributed by atoms with Crippen LogP contribution in [0.15, 0.2) is 53.7 Å². The number of nitrogens with zero attached hydrogens (tertiary/aromatic N) is 3. The maximum atomic E-state index is 13.4. The van der Waals surface area contributed by atoms with E-state index in [1.54, 1.807) is 41.5 Å². The molecule has 2 heterocycles. The predicted molar refractivity (Wildman–Crippen MR) is 118 cm³/mol. The van der Waals surface area contributed by atoms with E-state index in [1.165, 1.54) is 6.20 Å². The molecule has 4 rings (SSSR count). The number of aryl methyl sites for hydroxylation is 1. The maximum absolute atomic E-state index is 13.4. The number of sulfonamides is 1. The largest absolute Gasteiger partial charge is 0.496 e. The lowest BCUT2D eigenvalue weighted by molar-refractivity contribution is 0.0941. The molecule has 0 spiro atoms. The smallest absolute Gasteiger partial charge is 0.254 e. The fraction of sp³-hybridized carbons (Fsp3) is 0.364. The first-order valence-electron chi connectivity index (χ1n) is 10.2. The zero-order valence-corrected chi connectivity index (χ0v) is 18.4. The minimum Gasteiger partial charge on any atom is -0.496 e. The molecular formula is C22H26N4O4S. The van der Waals surface area contributed by atoms with Crippen molar-refractivity contribution in [2.45, 2.75) is 17.7 Å². The van der Waals surface area contributed by atoms with Crippen molar-refractivity contribution < 1.29 is 17.9 Å². The highest BCUT2D eigenvalue weighted by molar-refractivity contribution is 7.89. The zero-order chi connectivity index (χ0) is 22.0. The number of carbonyl (C=O) groups excluding carboxylic acids is 1. The van der Waals surface area contributed by atoms with E-state index in [-0.39, 0.29) is 11.8 Å². The molecule has 1 N–H and O–H groups in total. The fourth-order valence-corrected chi connectivity index (χ4v) is 5.68. The Morgan fingerprint density at radius 3 is 2.52 bits per heavy atom. The molecule has 164 valence electrons. The van der Waals surface area contributed by atoms with Crippen LogP contribution in [0.1, 0.15) is 23.2 Å². The molecular weight excluding hydrogens is 416 g/mol. The van der Waals surface area contributed by atoms with Crippen LogP contribution in [-0.2, 0) is 17.1 Å². The van der Waals surface area contributed by atoms with Gasteiger partial charge in [0.2, 0.25) is 10.0 Å². The molecule has 9 heteroatoms. The molecule has 1 aliphatic rings. The fourth-order valence-electron chi connectivity index (χ4n) is 4.02. The van der Waals surface area contributed by atoms with Crippen molar-refractivity contribution in [2.24, 2.45) is 13.0 Å². The SMILES string of the molecule is COc1ccc(S(=O)(=O)N2CCC(CNC(=O)c3cnn(C)c3)CC2)c2ccccc12. The molecule has 8 nitrogen and oxygen atoms in total. The van der Waals surface area contributed by atoms with Gasteiger partial charge >= 0.3 is 0 Å². The van der Waals surface area contributed by atoms with Crippen LogP contribution in [0.25, 0.3) is 10.8 Å². The number of hydrogen-bond acceptors (Lipinski definition) is 5. The monoisotopic (exact) mass is 442 g/mol. The van der Waals surface area contributed by atoms with Gasteiger partial charge in [0, 0.05) is 43.7 Å². The number of fused-ring (bicyclic) bond motifs is 1. The summed E-state index contributed by atoms with van der Waals surface area (Å²) in [5.74, 6) is 0.727. The van der Waals surface area contributed by atoms with Crippen LogP contribution in [0.3, 0.4) is 0 Å². The van der Waals surface area contributed by atoms with E-state index in [9.17, 15) is 13.2 Å². The summed E-state index contributed by atoms with van der Waals surface area (Å²) in [6.45, 7) is 1.37. The number of methoxy groups -OCH3 is 1. The van der Waals surface area contributed by atoms with Gasteiger partial charge in [0.25, 0.3) is 5.91 Å². The van der Waals surface area contributed by atoms with Crippen molar-refractivity contribution in [1.82, 2.24) is 19.4 Å². The van der Waals surface area contributed by atoms with E-state index >= 15 is 0 Å². The maximum Gasteiger partial charge on any atom is 0.254 e. The second-order valence-electron chi connectivity index (χ2n) is 7.77. The molecule has 1 fully saturated rings. The first-order chi connectivity index (χ1) is 14.9. The Kier molecular flexibility index (Phi) is 5.97. The van der Waals surface area contributed by atoms with Crippen LogP contribution >= 0.6 is 0 Å². The molecule has 1 amide bonds. The van der Waals surface area contributed by atoms with E-state index in [2.05, 4.69) is 10.4 Å². The van der Waals surface area contributed by atoms with Gasteiger partial charge in [0.15, 0.2) is 0 Å². The lowest BCUT2D eigenvalue weighted by atomic mass is 9.98. The molecule has 2 aromatic carbocycles. The standard InChI is InChI=1S/C22H26N4O4S/c1-25-15-17(14-24-25)22(27)23-13-16-9-11-26(12-10-16)31(28,29)21-8-7-20(30-2)18-5-3-4-6-19(18)21/h3-8,14-16H,9-13H2,1-2H3,(H,23,27). The van der Waals surface area contributed by atoms with Gasteiger partial charge in [-0.2, -0.15) is 9.40 Å². The van der Waals surface area contributed by atoms with E-state index in [0.717, 1.165) is 5.39 Å². The number of benzene rings is 2. The lowest BCUT2D eigenvalue weighted by Gasteiger charge is -2.31. The Morgan fingerprint density at radius 1 is 1.16 bits per heavy atom. The zero-order valence-electron chi connectivity index (χ0n) is 17.6. The van der Waals surface area contributed by atoms with Gasteiger partial charge in [-0.1, -0.05) is 24.3 Å². The highest BCUT2D eigenvalue weighted by Gasteiger charge is 2.31. The van der Waals surface area contributed by atoms with Crippen molar-refractivity contribution >= 4 is 26.7 Å². The van der Waals surface area contributed by atoms with Gasteiger partial charge in [0.1, 0.15) is 5.75 Å². The van der Waals surface area contributed by atoms with Crippen molar-refractivity contribution in [3.8, 4) is 5.75 Å². The van der Waals surface area contributed by atoms with Gasteiger partial charge in [-0.05, 0) is 30.9 Å². The molecule has 31 heavy (non-hydrogen) atoms. The molecule has 1 aliphatic heterocycles. The second-order valence-corrected chi connectivity index (χ2v) is 9.68. The summed E-state index contributed by atoms with van der Waals surface area (Å²) in [5.41, 5.74) is 0.522. The molecule has 3 aromatic rings. The number of amides is 1. The normalized spacial score (nSPS) is 15.8. The third kappa shape index (κ3) is 4.28. The van der Waals surface area contributed by atoms with Crippen molar-refractivity contribution in [2.75, 3.05) is 26.7 Å². The number of piperidine rings is 1. The summed E-state index contributed by atoms with van der Waals surface area (Å²) < 4.78 is 35.2. The molecule has 1 aromatic heterocycles. The summed E-state index contributed by atoms with van der Waals surface area (Å²) >= 11 is 0. The van der Waals surface area contributed by atoms with Crippen molar-refractivity contribution in [3.63, 3.8) is 0 Å². The summed E-state index contributed by atoms with van der Waals surface area (Å²) in [7, 11) is -0.289. The number of aromatic nitrogens is 2. The molecule has 1 saturated heterocycles. The first-order valence-corrected chi connectivity index (χ1v) is 11.7. The minimum atomic E-state index is -3.63. The van der Waals surface area contributed by atoms with Gasteiger partial charge in [-0.3, -0.25) is 9.48 Å². The Hall–Kier alpha value is -2.91. The van der Waals surface area contributed by atoms with Crippen LogP contribution < -0.4 is 10.1 Å². The Labute approximate surface area is 181 Å². The van der Waals surface area contributed by atoms with Crippen molar-refractivity contribution in [3.05, 3.63) is 54.4 Å². The summed E-state index contributed by atoms with van der Waals surface area (Å²) in [5, 5.41) is 8.37. The highest BCUT2D eigenvalue weighted by atomic mass is 32.2. The topological polar surface area (TPSA) is 93.5 Å². The van der Waals surface area contributed by atoms with Gasteiger partial charge < -0.3 is 10.1 Å². The Bertz CT molecular complexity index is 1200. The van der Waals surface area contributed by atoms with Crippen LogP contribution in [0.4, 0.5) is 0 Å². The molecule has 0 bridgehead atoms. The van der Waals surface area contributed by atoms with Crippen LogP contribution in [-0.4, -0.2) is 55.2 Å². The number of rotatable bonds is 6. The number of ether oxygens (including phenoxy) is 1. The van der Waals surface area contributed by atoms with Crippen LogP contribution in [0, 0.1) is 5.92 Å². The molecule has 0 unspecified atom stereocenters. The van der Waals surface area contributed by atoms with E-state index in [4.69, 9.17) is 4.74 Å². The number of carbonyl (C=O) groups is 1. The van der Waals surface area contributed by atoms with Gasteiger partial charge in [-0.15, -0.1) is 0 Å². The first kappa shape index (κ1) is 21.3. The van der Waals surface area contributed by atoms with E-state index < -0.39 is 10.0 Å². The summed E-state index contributed by atoms with van der Waals surface area (Å²) in [4.78, 5) is 12.5.